The van der Waals surface area contributed by atoms with Crippen LogP contribution in [0.1, 0.15) is 37.9 Å². The number of nitrogen functional groups attached to an aromatic ring is 1. The lowest BCUT2D eigenvalue weighted by molar-refractivity contribution is -0.198. The number of hydrogen-bond acceptors (Lipinski definition) is 8. The summed E-state index contributed by atoms with van der Waals surface area (Å²) >= 11 is 11.9. The van der Waals surface area contributed by atoms with Gasteiger partial charge in [-0.1, -0.05) is 35.3 Å². The topological polar surface area (TPSA) is 103 Å². The maximum Gasteiger partial charge on any atom is 0.429 e. The molecule has 14 heteroatoms. The summed E-state index contributed by atoms with van der Waals surface area (Å²) in [6.45, 7) is 3.82. The first-order valence-corrected chi connectivity index (χ1v) is 14.4. The lowest BCUT2D eigenvalue weighted by Gasteiger charge is -2.39. The highest BCUT2D eigenvalue weighted by Gasteiger charge is 2.46. The maximum absolute atomic E-state index is 14.5. The number of anilines is 2. The van der Waals surface area contributed by atoms with Crippen LogP contribution in [0.4, 0.5) is 29.3 Å². The number of piperidine rings is 1. The summed E-state index contributed by atoms with van der Waals surface area (Å²) in [4.78, 5) is 22.3. The lowest BCUT2D eigenvalue weighted by atomic mass is 9.76. The lowest BCUT2D eigenvalue weighted by Crippen LogP contribution is -2.41. The molecule has 1 aromatic heterocycles. The quantitative estimate of drug-likeness (QED) is 0.227. The van der Waals surface area contributed by atoms with Gasteiger partial charge in [0.05, 0.1) is 11.6 Å². The van der Waals surface area contributed by atoms with Crippen LogP contribution >= 0.6 is 23.2 Å². The first-order chi connectivity index (χ1) is 20.4. The number of benzene rings is 2. The van der Waals surface area contributed by atoms with Gasteiger partial charge in [-0.2, -0.15) is 23.1 Å². The third-order valence-electron chi connectivity index (χ3n) is 7.85. The van der Waals surface area contributed by atoms with E-state index in [1.807, 2.05) is 4.90 Å². The van der Waals surface area contributed by atoms with Crippen molar-refractivity contribution in [3.05, 3.63) is 63.9 Å². The predicted molar refractivity (Wildman–Crippen MR) is 155 cm³/mol. The van der Waals surface area contributed by atoms with Gasteiger partial charge in [0.15, 0.2) is 0 Å². The first-order valence-electron chi connectivity index (χ1n) is 13.7. The molecule has 3 aromatic rings. The summed E-state index contributed by atoms with van der Waals surface area (Å²) in [6, 6.07) is 8.41. The molecule has 2 fully saturated rings. The Morgan fingerprint density at radius 1 is 1.16 bits per heavy atom. The number of carbonyl (C=O) groups is 1. The molecule has 5 rings (SSSR count). The van der Waals surface area contributed by atoms with Gasteiger partial charge in [-0.15, -0.1) is 0 Å². The Bertz CT molecular complexity index is 1500. The van der Waals surface area contributed by atoms with Crippen molar-refractivity contribution in [2.45, 2.75) is 44.5 Å². The Labute approximate surface area is 255 Å². The molecule has 0 unspecified atom stereocenters. The van der Waals surface area contributed by atoms with E-state index in [0.717, 1.165) is 18.9 Å². The number of rotatable bonds is 7. The van der Waals surface area contributed by atoms with Crippen LogP contribution in [0.25, 0.3) is 11.1 Å². The van der Waals surface area contributed by atoms with Crippen molar-refractivity contribution in [3.63, 3.8) is 0 Å². The molecule has 3 N–H and O–H groups in total. The molecule has 2 atom stereocenters. The van der Waals surface area contributed by atoms with Crippen LogP contribution in [0.3, 0.4) is 0 Å². The van der Waals surface area contributed by atoms with Crippen molar-refractivity contribution in [2.75, 3.05) is 36.9 Å². The predicted octanol–water partition coefficient (Wildman–Crippen LogP) is 6.37. The minimum absolute atomic E-state index is 0.0141. The molecule has 2 aliphatic rings. The maximum atomic E-state index is 14.5. The summed E-state index contributed by atoms with van der Waals surface area (Å²) < 4.78 is 68.4. The van der Waals surface area contributed by atoms with Crippen molar-refractivity contribution in [1.82, 2.24) is 15.3 Å². The first kappa shape index (κ1) is 31.1. The van der Waals surface area contributed by atoms with E-state index < -0.39 is 18.1 Å². The number of carbonyl (C=O) groups excluding carboxylic acids is 1. The van der Waals surface area contributed by atoms with Crippen molar-refractivity contribution >= 4 is 40.9 Å². The SMILES string of the molecule is CCOC(=O)[C@@H]1CC2(CCN(c3cc(O[C@H](c4ccc(Cl)cc4-c4ccc(Cl)c(F)c4)C(F)(F)F)nc(N)n3)CC2)CN1. The molecule has 0 radical (unpaired) electrons. The number of nitrogens with two attached hydrogens (primary N) is 1. The Balaban J connectivity index is 1.38. The van der Waals surface area contributed by atoms with Crippen LogP contribution in [-0.4, -0.2) is 54.4 Å². The molecule has 2 aromatic carbocycles. The van der Waals surface area contributed by atoms with E-state index in [4.69, 9.17) is 38.4 Å². The number of nitrogens with zero attached hydrogens (tertiary/aromatic N) is 3. The van der Waals surface area contributed by atoms with E-state index >= 15 is 0 Å². The number of nitrogens with one attached hydrogen (secondary N) is 1. The van der Waals surface area contributed by atoms with Gasteiger partial charge in [-0.3, -0.25) is 4.79 Å². The molecule has 8 nitrogen and oxygen atoms in total. The molecular weight excluding hydrogens is 613 g/mol. The molecule has 3 heterocycles. The highest BCUT2D eigenvalue weighted by atomic mass is 35.5. The van der Waals surface area contributed by atoms with Gasteiger partial charge in [0, 0.05) is 36.3 Å². The Morgan fingerprint density at radius 3 is 2.58 bits per heavy atom. The minimum Gasteiger partial charge on any atom is -0.465 e. The van der Waals surface area contributed by atoms with Crippen LogP contribution in [0.5, 0.6) is 5.88 Å². The molecular formula is C29H29Cl2F4N5O3. The Kier molecular flexibility index (Phi) is 8.92. The number of ether oxygens (including phenoxy) is 2. The van der Waals surface area contributed by atoms with Gasteiger partial charge in [0.2, 0.25) is 17.9 Å². The van der Waals surface area contributed by atoms with E-state index in [0.29, 0.717) is 38.5 Å². The largest absolute Gasteiger partial charge is 0.465 e. The molecule has 2 saturated heterocycles. The molecule has 0 aliphatic carbocycles. The number of aromatic nitrogens is 2. The standard InChI is InChI=1S/C29H29Cl2F4N5O3/c1-2-42-26(41)22-14-28(15-37-22)7-9-40(10-8-28)23-13-24(39-27(36)38-23)43-25(29(33,34)35)18-5-4-17(30)12-19(18)16-3-6-20(31)21(32)11-16/h3-6,11-13,22,25,37H,2,7-10,14-15H2,1H3,(H2,36,38,39)/t22-,25+/m0/s1. The summed E-state index contributed by atoms with van der Waals surface area (Å²) in [5, 5.41) is 3.23. The highest BCUT2D eigenvalue weighted by molar-refractivity contribution is 6.31. The molecule has 0 amide bonds. The van der Waals surface area contributed by atoms with Crippen LogP contribution in [0, 0.1) is 11.2 Å². The van der Waals surface area contributed by atoms with Gasteiger partial charge in [0.1, 0.15) is 17.7 Å². The second-order valence-electron chi connectivity index (χ2n) is 10.7. The molecule has 0 bridgehead atoms. The summed E-state index contributed by atoms with van der Waals surface area (Å²) in [5.74, 6) is -1.37. The fourth-order valence-electron chi connectivity index (χ4n) is 5.67. The van der Waals surface area contributed by atoms with Gasteiger partial charge >= 0.3 is 12.1 Å². The Morgan fingerprint density at radius 2 is 1.91 bits per heavy atom. The number of hydrogen-bond donors (Lipinski definition) is 2. The van der Waals surface area contributed by atoms with Crippen molar-refractivity contribution in [2.24, 2.45) is 5.41 Å². The minimum atomic E-state index is -4.89. The smallest absolute Gasteiger partial charge is 0.429 e. The zero-order valence-corrected chi connectivity index (χ0v) is 24.6. The average molecular weight is 642 g/mol. The van der Waals surface area contributed by atoms with Gasteiger partial charge < -0.3 is 25.4 Å². The van der Waals surface area contributed by atoms with Crippen LogP contribution in [0.2, 0.25) is 10.0 Å². The van der Waals surface area contributed by atoms with E-state index in [-0.39, 0.29) is 56.0 Å². The molecule has 230 valence electrons. The monoisotopic (exact) mass is 641 g/mol. The van der Waals surface area contributed by atoms with Gasteiger partial charge in [0.25, 0.3) is 0 Å². The van der Waals surface area contributed by atoms with Gasteiger partial charge in [-0.05, 0) is 67.0 Å². The van der Waals surface area contributed by atoms with Crippen LogP contribution in [-0.2, 0) is 9.53 Å². The molecule has 43 heavy (non-hydrogen) atoms. The third kappa shape index (κ3) is 6.91. The second-order valence-corrected chi connectivity index (χ2v) is 11.5. The second kappa shape index (κ2) is 12.3. The van der Waals surface area contributed by atoms with Crippen LogP contribution in [0.15, 0.2) is 42.5 Å². The van der Waals surface area contributed by atoms with E-state index in [2.05, 4.69) is 15.3 Å². The number of alkyl halides is 3. The number of esters is 1. The highest BCUT2D eigenvalue weighted by Crippen LogP contribution is 2.44. The third-order valence-corrected chi connectivity index (χ3v) is 8.39. The summed E-state index contributed by atoms with van der Waals surface area (Å²) in [7, 11) is 0. The Hall–Kier alpha value is -3.35. The molecule has 1 spiro atoms. The normalized spacial score (nSPS) is 19.0. The molecule has 0 saturated carbocycles. The summed E-state index contributed by atoms with van der Waals surface area (Å²) in [5.41, 5.74) is 5.66. The van der Waals surface area contributed by atoms with E-state index in [9.17, 15) is 22.4 Å². The summed E-state index contributed by atoms with van der Waals surface area (Å²) in [6.07, 6.45) is -5.28. The number of halogens is 6. The van der Waals surface area contributed by atoms with Crippen LogP contribution < -0.4 is 20.7 Å². The van der Waals surface area contributed by atoms with Crippen molar-refractivity contribution in [1.29, 1.82) is 0 Å². The average Bonchev–Trinajstić information content (AvgIpc) is 3.36. The van der Waals surface area contributed by atoms with Gasteiger partial charge in [-0.25, -0.2) is 4.39 Å². The van der Waals surface area contributed by atoms with E-state index in [1.54, 1.807) is 6.92 Å². The van der Waals surface area contributed by atoms with E-state index in [1.165, 1.54) is 36.4 Å². The molecule has 2 aliphatic heterocycles. The zero-order valence-electron chi connectivity index (χ0n) is 23.1. The zero-order chi connectivity index (χ0) is 30.9. The van der Waals surface area contributed by atoms with Crippen molar-refractivity contribution in [3.8, 4) is 17.0 Å². The fourth-order valence-corrected chi connectivity index (χ4v) is 5.96. The fraction of sp³-hybridized carbons (Fsp3) is 0.414. The van der Waals surface area contributed by atoms with Crippen molar-refractivity contribution < 1.29 is 31.8 Å².